The molecule has 3 rings (SSSR count). The van der Waals surface area contributed by atoms with E-state index in [1.54, 1.807) is 49.4 Å². The molecule has 1 saturated heterocycles. The molecule has 8 nitrogen and oxygen atoms in total. The number of hydrogen-bond acceptors (Lipinski definition) is 5. The number of anilines is 1. The number of nitrogens with zero attached hydrogens (tertiary/aromatic N) is 1. The topological polar surface area (TPSA) is 105 Å². The van der Waals surface area contributed by atoms with Gasteiger partial charge in [-0.05, 0) is 52.7 Å². The number of esters is 1. The SMILES string of the molecule is Cc1c(NC(=O)COC(=O)[C@H]2CC(=O)N(NC(=O)c3ccccc3)C2)ccc(Br)c1Cl. The van der Waals surface area contributed by atoms with Crippen LogP contribution in [-0.4, -0.2) is 41.9 Å². The zero-order valence-electron chi connectivity index (χ0n) is 16.5. The van der Waals surface area contributed by atoms with E-state index in [4.69, 9.17) is 16.3 Å². The second-order valence-electron chi connectivity index (χ2n) is 6.90. The van der Waals surface area contributed by atoms with Gasteiger partial charge in [-0.2, -0.15) is 0 Å². The summed E-state index contributed by atoms with van der Waals surface area (Å²) in [5.74, 6) is -2.86. The molecule has 0 aliphatic carbocycles. The summed E-state index contributed by atoms with van der Waals surface area (Å²) in [6.07, 6.45) is -0.114. The number of amides is 3. The third-order valence-electron chi connectivity index (χ3n) is 4.69. The van der Waals surface area contributed by atoms with Crippen molar-refractivity contribution in [2.24, 2.45) is 5.92 Å². The van der Waals surface area contributed by atoms with Crippen LogP contribution in [0.15, 0.2) is 46.9 Å². The normalized spacial score (nSPS) is 15.5. The van der Waals surface area contributed by atoms with E-state index in [2.05, 4.69) is 26.7 Å². The molecule has 0 bridgehead atoms. The molecule has 1 fully saturated rings. The van der Waals surface area contributed by atoms with Gasteiger partial charge in [0.15, 0.2) is 6.61 Å². The third kappa shape index (κ3) is 5.62. The standard InChI is InChI=1S/C21H19BrClN3O5/c1-12-16(8-7-15(22)19(12)23)24-17(27)11-31-21(30)14-9-18(28)26(10-14)25-20(29)13-5-3-2-4-6-13/h2-8,14H,9-11H2,1H3,(H,24,27)(H,25,29)/t14-/m0/s1. The summed E-state index contributed by atoms with van der Waals surface area (Å²) in [7, 11) is 0. The van der Waals surface area contributed by atoms with Crippen LogP contribution in [0.1, 0.15) is 22.3 Å². The van der Waals surface area contributed by atoms with Crippen molar-refractivity contribution in [2.75, 3.05) is 18.5 Å². The Morgan fingerprint density at radius 3 is 2.61 bits per heavy atom. The smallest absolute Gasteiger partial charge is 0.311 e. The first kappa shape index (κ1) is 22.8. The number of hydrazine groups is 1. The largest absolute Gasteiger partial charge is 0.455 e. The molecular formula is C21H19BrClN3O5. The Labute approximate surface area is 192 Å². The Balaban J connectivity index is 1.50. The maximum Gasteiger partial charge on any atom is 0.311 e. The predicted molar refractivity (Wildman–Crippen MR) is 117 cm³/mol. The van der Waals surface area contributed by atoms with Gasteiger partial charge in [-0.1, -0.05) is 29.8 Å². The fraction of sp³-hybridized carbons (Fsp3) is 0.238. The van der Waals surface area contributed by atoms with Crippen LogP contribution in [-0.2, 0) is 19.1 Å². The van der Waals surface area contributed by atoms with E-state index < -0.39 is 36.2 Å². The summed E-state index contributed by atoms with van der Waals surface area (Å²) < 4.78 is 5.76. The molecule has 0 aromatic heterocycles. The van der Waals surface area contributed by atoms with Crippen LogP contribution in [0.4, 0.5) is 5.69 Å². The molecule has 3 amide bonds. The van der Waals surface area contributed by atoms with E-state index in [0.717, 1.165) is 5.01 Å². The second-order valence-corrected chi connectivity index (χ2v) is 8.13. The number of carbonyl (C=O) groups excluding carboxylic acids is 4. The average Bonchev–Trinajstić information content (AvgIpc) is 3.13. The van der Waals surface area contributed by atoms with Gasteiger partial charge in [0.05, 0.1) is 17.5 Å². The first-order chi connectivity index (χ1) is 14.8. The highest BCUT2D eigenvalue weighted by Gasteiger charge is 2.36. The van der Waals surface area contributed by atoms with Gasteiger partial charge in [0.1, 0.15) is 0 Å². The van der Waals surface area contributed by atoms with E-state index in [1.165, 1.54) is 0 Å². The third-order valence-corrected chi connectivity index (χ3v) is 6.07. The van der Waals surface area contributed by atoms with Crippen LogP contribution >= 0.6 is 27.5 Å². The van der Waals surface area contributed by atoms with Gasteiger partial charge in [0.2, 0.25) is 5.91 Å². The number of ether oxygens (including phenoxy) is 1. The lowest BCUT2D eigenvalue weighted by Crippen LogP contribution is -2.43. The van der Waals surface area contributed by atoms with Gasteiger partial charge in [-0.3, -0.25) is 29.6 Å². The lowest BCUT2D eigenvalue weighted by atomic mass is 10.1. The first-order valence-corrected chi connectivity index (χ1v) is 10.5. The molecule has 1 aliphatic rings. The molecule has 0 unspecified atom stereocenters. The van der Waals surface area contributed by atoms with Crippen molar-refractivity contribution in [1.82, 2.24) is 10.4 Å². The Hall–Kier alpha value is -2.91. The molecule has 1 atom stereocenters. The van der Waals surface area contributed by atoms with Crippen molar-refractivity contribution < 1.29 is 23.9 Å². The minimum absolute atomic E-state index is 0.0285. The number of nitrogens with one attached hydrogen (secondary N) is 2. The Kier molecular flexibility index (Phi) is 7.29. The molecule has 1 aliphatic heterocycles. The zero-order chi connectivity index (χ0) is 22.5. The van der Waals surface area contributed by atoms with Crippen molar-refractivity contribution in [3.8, 4) is 0 Å². The molecule has 2 aromatic rings. The van der Waals surface area contributed by atoms with Crippen molar-refractivity contribution in [3.05, 3.63) is 63.1 Å². The van der Waals surface area contributed by atoms with Crippen molar-refractivity contribution in [1.29, 1.82) is 0 Å². The van der Waals surface area contributed by atoms with Crippen LogP contribution in [0.5, 0.6) is 0 Å². The van der Waals surface area contributed by atoms with Crippen LogP contribution < -0.4 is 10.7 Å². The lowest BCUT2D eigenvalue weighted by Gasteiger charge is -2.17. The quantitative estimate of drug-likeness (QED) is 0.584. The molecule has 2 aromatic carbocycles. The van der Waals surface area contributed by atoms with Crippen LogP contribution in [0.2, 0.25) is 5.02 Å². The van der Waals surface area contributed by atoms with Crippen molar-refractivity contribution in [2.45, 2.75) is 13.3 Å². The highest BCUT2D eigenvalue weighted by Crippen LogP contribution is 2.31. The Morgan fingerprint density at radius 2 is 1.90 bits per heavy atom. The maximum absolute atomic E-state index is 12.3. The van der Waals surface area contributed by atoms with Gasteiger partial charge in [0.25, 0.3) is 11.8 Å². The monoisotopic (exact) mass is 507 g/mol. The highest BCUT2D eigenvalue weighted by atomic mass is 79.9. The van der Waals surface area contributed by atoms with Crippen molar-refractivity contribution >= 4 is 56.9 Å². The van der Waals surface area contributed by atoms with Crippen molar-refractivity contribution in [3.63, 3.8) is 0 Å². The summed E-state index contributed by atoms with van der Waals surface area (Å²) >= 11 is 9.43. The highest BCUT2D eigenvalue weighted by molar-refractivity contribution is 9.10. The summed E-state index contributed by atoms with van der Waals surface area (Å²) in [6, 6.07) is 11.8. The summed E-state index contributed by atoms with van der Waals surface area (Å²) in [5.41, 5.74) is 4.04. The molecular weight excluding hydrogens is 490 g/mol. The van der Waals surface area contributed by atoms with Gasteiger partial charge in [-0.25, -0.2) is 0 Å². The van der Waals surface area contributed by atoms with Gasteiger partial charge in [-0.15, -0.1) is 0 Å². The van der Waals surface area contributed by atoms with E-state index in [1.807, 2.05) is 0 Å². The number of carbonyl (C=O) groups is 4. The van der Waals surface area contributed by atoms with E-state index >= 15 is 0 Å². The molecule has 10 heteroatoms. The number of benzene rings is 2. The number of rotatable bonds is 6. The van der Waals surface area contributed by atoms with E-state index in [-0.39, 0.29) is 13.0 Å². The average molecular weight is 509 g/mol. The lowest BCUT2D eigenvalue weighted by molar-refractivity contribution is -0.151. The zero-order valence-corrected chi connectivity index (χ0v) is 18.8. The van der Waals surface area contributed by atoms with Crippen LogP contribution in [0, 0.1) is 12.8 Å². The van der Waals surface area contributed by atoms with E-state index in [0.29, 0.717) is 26.3 Å². The molecule has 162 valence electrons. The molecule has 0 radical (unpaired) electrons. The number of halogens is 2. The first-order valence-electron chi connectivity index (χ1n) is 9.33. The Bertz CT molecular complexity index is 1030. The predicted octanol–water partition coefficient (Wildman–Crippen LogP) is 3.09. The summed E-state index contributed by atoms with van der Waals surface area (Å²) in [6.45, 7) is 1.21. The molecule has 0 saturated carbocycles. The molecule has 1 heterocycles. The molecule has 2 N–H and O–H groups in total. The molecule has 31 heavy (non-hydrogen) atoms. The summed E-state index contributed by atoms with van der Waals surface area (Å²) in [4.78, 5) is 48.8. The minimum atomic E-state index is -0.778. The van der Waals surface area contributed by atoms with E-state index in [9.17, 15) is 19.2 Å². The second kappa shape index (κ2) is 9.93. The fourth-order valence-corrected chi connectivity index (χ4v) is 3.57. The van der Waals surface area contributed by atoms with Gasteiger partial charge >= 0.3 is 5.97 Å². The van der Waals surface area contributed by atoms with Gasteiger partial charge < -0.3 is 10.1 Å². The number of hydrogen-bond donors (Lipinski definition) is 2. The minimum Gasteiger partial charge on any atom is -0.455 e. The Morgan fingerprint density at radius 1 is 1.19 bits per heavy atom. The summed E-state index contributed by atoms with van der Waals surface area (Å²) in [5, 5.41) is 4.19. The fourth-order valence-electron chi connectivity index (χ4n) is 2.98. The maximum atomic E-state index is 12.3. The van der Waals surface area contributed by atoms with Gasteiger partial charge in [0, 0.05) is 22.1 Å². The van der Waals surface area contributed by atoms with Crippen LogP contribution in [0.3, 0.4) is 0 Å². The van der Waals surface area contributed by atoms with Crippen LogP contribution in [0.25, 0.3) is 0 Å². The molecule has 0 spiro atoms.